The second-order valence-electron chi connectivity index (χ2n) is 3.76. The van der Waals surface area contributed by atoms with Crippen LogP contribution in [0, 0.1) is 13.8 Å². The lowest BCUT2D eigenvalue weighted by Gasteiger charge is -2.05. The molecule has 0 radical (unpaired) electrons. The van der Waals surface area contributed by atoms with E-state index >= 15 is 0 Å². The molecule has 0 saturated carbocycles. The van der Waals surface area contributed by atoms with E-state index in [1.807, 2.05) is 20.0 Å². The summed E-state index contributed by atoms with van der Waals surface area (Å²) in [5, 5.41) is 4.24. The maximum atomic E-state index is 5.81. The molecular weight excluding hydrogens is 202 g/mol. The summed E-state index contributed by atoms with van der Waals surface area (Å²) >= 11 is 0. The first-order valence-corrected chi connectivity index (χ1v) is 5.27. The van der Waals surface area contributed by atoms with Crippen molar-refractivity contribution in [2.75, 3.05) is 5.73 Å². The average molecular weight is 217 g/mol. The molecule has 0 unspecified atom stereocenters. The Hall–Kier alpha value is -1.91. The number of nitrogens with two attached hydrogens (primary N) is 1. The van der Waals surface area contributed by atoms with Gasteiger partial charge in [-0.15, -0.1) is 0 Å². The zero-order chi connectivity index (χ0) is 11.7. The first-order chi connectivity index (χ1) is 7.61. The molecule has 2 aromatic rings. The molecule has 2 heterocycles. The molecule has 0 spiro atoms. The Kier molecular flexibility index (Phi) is 2.60. The van der Waals surface area contributed by atoms with Crippen molar-refractivity contribution < 1.29 is 0 Å². The van der Waals surface area contributed by atoms with Crippen LogP contribution in [0.25, 0.3) is 5.95 Å². The van der Waals surface area contributed by atoms with E-state index in [0.717, 1.165) is 23.4 Å². The van der Waals surface area contributed by atoms with E-state index < -0.39 is 0 Å². The van der Waals surface area contributed by atoms with Crippen molar-refractivity contribution in [2.45, 2.75) is 27.2 Å². The molecule has 84 valence electrons. The van der Waals surface area contributed by atoms with Crippen LogP contribution >= 0.6 is 0 Å². The molecule has 0 aliphatic rings. The molecule has 0 bridgehead atoms. The predicted molar refractivity (Wildman–Crippen MR) is 62.4 cm³/mol. The van der Waals surface area contributed by atoms with Gasteiger partial charge < -0.3 is 5.73 Å². The van der Waals surface area contributed by atoms with Crippen LogP contribution in [0.3, 0.4) is 0 Å². The Morgan fingerprint density at radius 2 is 2.12 bits per heavy atom. The van der Waals surface area contributed by atoms with Gasteiger partial charge in [-0.1, -0.05) is 6.92 Å². The van der Waals surface area contributed by atoms with Gasteiger partial charge in [-0.2, -0.15) is 9.78 Å². The molecule has 0 aromatic carbocycles. The highest BCUT2D eigenvalue weighted by Gasteiger charge is 2.08. The second-order valence-corrected chi connectivity index (χ2v) is 3.76. The standard InChI is InChI=1S/C11H15N5/c1-4-9-6-13-11(14-8(9)3)16-10(12)5-7(2)15-16/h5-6H,4,12H2,1-3H3. The summed E-state index contributed by atoms with van der Waals surface area (Å²) < 4.78 is 1.56. The van der Waals surface area contributed by atoms with E-state index in [1.54, 1.807) is 10.7 Å². The molecule has 5 heteroatoms. The van der Waals surface area contributed by atoms with Crippen LogP contribution < -0.4 is 5.73 Å². The summed E-state index contributed by atoms with van der Waals surface area (Å²) in [6.45, 7) is 5.94. The number of hydrogen-bond donors (Lipinski definition) is 1. The molecule has 2 N–H and O–H groups in total. The summed E-state index contributed by atoms with van der Waals surface area (Å²) in [5.74, 6) is 1.08. The van der Waals surface area contributed by atoms with Crippen LogP contribution in [0.4, 0.5) is 5.82 Å². The average Bonchev–Trinajstić information content (AvgIpc) is 2.58. The van der Waals surface area contributed by atoms with Crippen molar-refractivity contribution in [1.82, 2.24) is 19.7 Å². The molecule has 0 saturated heterocycles. The fourth-order valence-electron chi connectivity index (χ4n) is 1.61. The van der Waals surface area contributed by atoms with Gasteiger partial charge in [-0.05, 0) is 25.8 Å². The van der Waals surface area contributed by atoms with Gasteiger partial charge in [-0.3, -0.25) is 0 Å². The maximum Gasteiger partial charge on any atom is 0.252 e. The monoisotopic (exact) mass is 217 g/mol. The molecule has 2 rings (SSSR count). The molecule has 0 aliphatic carbocycles. The SMILES string of the molecule is CCc1cnc(-n2nc(C)cc2N)nc1C. The van der Waals surface area contributed by atoms with Gasteiger partial charge in [0.25, 0.3) is 5.95 Å². The second kappa shape index (κ2) is 3.92. The zero-order valence-electron chi connectivity index (χ0n) is 9.73. The van der Waals surface area contributed by atoms with E-state index in [1.165, 1.54) is 0 Å². The van der Waals surface area contributed by atoms with Gasteiger partial charge in [0.2, 0.25) is 0 Å². The maximum absolute atomic E-state index is 5.81. The van der Waals surface area contributed by atoms with Gasteiger partial charge in [0.05, 0.1) is 5.69 Å². The minimum atomic E-state index is 0.528. The van der Waals surface area contributed by atoms with Crippen LogP contribution in [0.2, 0.25) is 0 Å². The van der Waals surface area contributed by atoms with Gasteiger partial charge >= 0.3 is 0 Å². The van der Waals surface area contributed by atoms with Crippen molar-refractivity contribution in [3.63, 3.8) is 0 Å². The first kappa shape index (κ1) is 10.6. The lowest BCUT2D eigenvalue weighted by molar-refractivity contribution is 0.791. The zero-order valence-corrected chi connectivity index (χ0v) is 9.73. The van der Waals surface area contributed by atoms with Crippen LogP contribution in [-0.2, 0) is 6.42 Å². The summed E-state index contributed by atoms with van der Waals surface area (Å²) in [7, 11) is 0. The highest BCUT2D eigenvalue weighted by molar-refractivity contribution is 5.37. The number of nitrogen functional groups attached to an aromatic ring is 1. The minimum absolute atomic E-state index is 0.528. The number of rotatable bonds is 2. The van der Waals surface area contributed by atoms with Crippen molar-refractivity contribution >= 4 is 5.82 Å². The Morgan fingerprint density at radius 3 is 2.62 bits per heavy atom. The number of aromatic nitrogens is 4. The summed E-state index contributed by atoms with van der Waals surface area (Å²) in [6, 6.07) is 1.80. The van der Waals surface area contributed by atoms with E-state index in [2.05, 4.69) is 22.0 Å². The third-order valence-electron chi connectivity index (χ3n) is 2.50. The predicted octanol–water partition coefficient (Wildman–Crippen LogP) is 1.42. The number of aryl methyl sites for hydroxylation is 3. The van der Waals surface area contributed by atoms with E-state index in [9.17, 15) is 0 Å². The third kappa shape index (κ3) is 1.76. The molecule has 0 amide bonds. The molecule has 0 aliphatic heterocycles. The topological polar surface area (TPSA) is 69.6 Å². The van der Waals surface area contributed by atoms with Gasteiger partial charge in [0.15, 0.2) is 0 Å². The number of nitrogens with zero attached hydrogens (tertiary/aromatic N) is 4. The lowest BCUT2D eigenvalue weighted by Crippen LogP contribution is -2.08. The molecule has 0 atom stereocenters. The van der Waals surface area contributed by atoms with Crippen LogP contribution in [0.1, 0.15) is 23.9 Å². The molecule has 0 fully saturated rings. The molecule has 2 aromatic heterocycles. The quantitative estimate of drug-likeness (QED) is 0.826. The van der Waals surface area contributed by atoms with Gasteiger partial charge in [0, 0.05) is 18.0 Å². The van der Waals surface area contributed by atoms with E-state index in [-0.39, 0.29) is 0 Å². The van der Waals surface area contributed by atoms with Crippen LogP contribution in [-0.4, -0.2) is 19.7 Å². The van der Waals surface area contributed by atoms with E-state index in [0.29, 0.717) is 11.8 Å². The Labute approximate surface area is 94.3 Å². The van der Waals surface area contributed by atoms with Crippen molar-refractivity contribution in [3.8, 4) is 5.95 Å². The van der Waals surface area contributed by atoms with Gasteiger partial charge in [0.1, 0.15) is 5.82 Å². The highest BCUT2D eigenvalue weighted by atomic mass is 15.4. The largest absolute Gasteiger partial charge is 0.383 e. The molecule has 5 nitrogen and oxygen atoms in total. The van der Waals surface area contributed by atoms with E-state index in [4.69, 9.17) is 5.73 Å². The fourth-order valence-corrected chi connectivity index (χ4v) is 1.61. The lowest BCUT2D eigenvalue weighted by atomic mass is 10.2. The van der Waals surface area contributed by atoms with Crippen molar-refractivity contribution in [2.24, 2.45) is 0 Å². The molecular formula is C11H15N5. The summed E-state index contributed by atoms with van der Waals surface area (Å²) in [6.07, 6.45) is 2.76. The highest BCUT2D eigenvalue weighted by Crippen LogP contribution is 2.12. The Balaban J connectivity index is 2.49. The minimum Gasteiger partial charge on any atom is -0.383 e. The normalized spacial score (nSPS) is 10.7. The van der Waals surface area contributed by atoms with Crippen LogP contribution in [0.15, 0.2) is 12.3 Å². The Bertz CT molecular complexity index is 515. The van der Waals surface area contributed by atoms with Gasteiger partial charge in [-0.25, -0.2) is 9.97 Å². The first-order valence-electron chi connectivity index (χ1n) is 5.27. The van der Waals surface area contributed by atoms with Crippen molar-refractivity contribution in [3.05, 3.63) is 29.2 Å². The van der Waals surface area contributed by atoms with Crippen molar-refractivity contribution in [1.29, 1.82) is 0 Å². The fraction of sp³-hybridized carbons (Fsp3) is 0.364. The molecule has 16 heavy (non-hydrogen) atoms. The number of hydrogen-bond acceptors (Lipinski definition) is 4. The number of anilines is 1. The summed E-state index contributed by atoms with van der Waals surface area (Å²) in [4.78, 5) is 8.66. The summed E-state index contributed by atoms with van der Waals surface area (Å²) in [5.41, 5.74) is 8.79. The Morgan fingerprint density at radius 1 is 1.38 bits per heavy atom. The third-order valence-corrected chi connectivity index (χ3v) is 2.50. The smallest absolute Gasteiger partial charge is 0.252 e. The van der Waals surface area contributed by atoms with Crippen LogP contribution in [0.5, 0.6) is 0 Å².